The Morgan fingerprint density at radius 3 is 2.53 bits per heavy atom. The molecule has 0 spiro atoms. The molecular formula is C21H19Cl2FN2O3S3. The monoisotopic (exact) mass is 532 g/mol. The summed E-state index contributed by atoms with van der Waals surface area (Å²) in [6.07, 6.45) is 0. The van der Waals surface area contributed by atoms with Crippen molar-refractivity contribution in [3.63, 3.8) is 0 Å². The zero-order valence-electron chi connectivity index (χ0n) is 16.6. The van der Waals surface area contributed by atoms with E-state index in [-0.39, 0.29) is 9.90 Å². The van der Waals surface area contributed by atoms with Crippen molar-refractivity contribution in [3.8, 4) is 0 Å². The van der Waals surface area contributed by atoms with Crippen LogP contribution in [0.3, 0.4) is 0 Å². The lowest BCUT2D eigenvalue weighted by Crippen LogP contribution is -2.41. The highest BCUT2D eigenvalue weighted by atomic mass is 35.5. The molecule has 2 aromatic carbocycles. The number of thiophene rings is 1. The molecule has 3 rings (SSSR count). The van der Waals surface area contributed by atoms with Gasteiger partial charge in [0.15, 0.2) is 0 Å². The van der Waals surface area contributed by atoms with E-state index in [9.17, 15) is 17.6 Å². The fourth-order valence-corrected chi connectivity index (χ4v) is 6.65. The topological polar surface area (TPSA) is 66.5 Å². The first-order valence-electron chi connectivity index (χ1n) is 9.37. The van der Waals surface area contributed by atoms with Gasteiger partial charge in [-0.3, -0.25) is 9.10 Å². The van der Waals surface area contributed by atoms with Crippen molar-refractivity contribution in [1.29, 1.82) is 0 Å². The van der Waals surface area contributed by atoms with Gasteiger partial charge >= 0.3 is 0 Å². The Balaban J connectivity index is 1.58. The van der Waals surface area contributed by atoms with Gasteiger partial charge in [0.05, 0.1) is 5.69 Å². The summed E-state index contributed by atoms with van der Waals surface area (Å²) in [6, 6.07) is 13.4. The van der Waals surface area contributed by atoms with Crippen LogP contribution in [0.1, 0.15) is 5.56 Å². The molecule has 0 bridgehead atoms. The van der Waals surface area contributed by atoms with Crippen LogP contribution in [0, 0.1) is 5.82 Å². The van der Waals surface area contributed by atoms with Gasteiger partial charge in [0.1, 0.15) is 16.6 Å². The quantitative estimate of drug-likeness (QED) is 0.353. The van der Waals surface area contributed by atoms with Crippen LogP contribution in [0.4, 0.5) is 10.1 Å². The van der Waals surface area contributed by atoms with Gasteiger partial charge in [-0.2, -0.15) is 11.8 Å². The molecule has 0 unspecified atom stereocenters. The Labute approximate surface area is 204 Å². The zero-order valence-corrected chi connectivity index (χ0v) is 20.6. The number of hydrogen-bond donors (Lipinski definition) is 1. The van der Waals surface area contributed by atoms with E-state index in [0.29, 0.717) is 28.1 Å². The molecule has 1 aromatic heterocycles. The number of carbonyl (C=O) groups excluding carboxylic acids is 1. The number of hydrogen-bond acceptors (Lipinski definition) is 5. The number of rotatable bonds is 10. The van der Waals surface area contributed by atoms with Gasteiger partial charge < -0.3 is 5.32 Å². The van der Waals surface area contributed by atoms with E-state index in [1.165, 1.54) is 18.2 Å². The van der Waals surface area contributed by atoms with Crippen LogP contribution in [0.15, 0.2) is 64.2 Å². The fourth-order valence-electron chi connectivity index (χ4n) is 2.71. The molecule has 32 heavy (non-hydrogen) atoms. The molecule has 0 radical (unpaired) electrons. The van der Waals surface area contributed by atoms with Gasteiger partial charge in [0.2, 0.25) is 5.91 Å². The maximum atomic E-state index is 13.3. The van der Waals surface area contributed by atoms with Gasteiger partial charge in [-0.25, -0.2) is 12.8 Å². The molecule has 0 aliphatic rings. The van der Waals surface area contributed by atoms with Crippen molar-refractivity contribution >= 4 is 67.9 Å². The summed E-state index contributed by atoms with van der Waals surface area (Å²) in [5.41, 5.74) is 1.15. The summed E-state index contributed by atoms with van der Waals surface area (Å²) < 4.78 is 40.5. The molecule has 11 heteroatoms. The van der Waals surface area contributed by atoms with E-state index in [0.717, 1.165) is 33.3 Å². The Morgan fingerprint density at radius 1 is 1.12 bits per heavy atom. The van der Waals surface area contributed by atoms with Gasteiger partial charge in [-0.15, -0.1) is 11.3 Å². The predicted octanol–water partition coefficient (Wildman–Crippen LogP) is 5.44. The Bertz CT molecular complexity index is 1160. The third-order valence-corrected chi connectivity index (χ3v) is 9.02. The van der Waals surface area contributed by atoms with Crippen LogP contribution in [0.2, 0.25) is 10.0 Å². The van der Waals surface area contributed by atoms with Crippen molar-refractivity contribution in [2.75, 3.05) is 23.1 Å². The summed E-state index contributed by atoms with van der Waals surface area (Å²) in [7, 11) is -3.96. The lowest BCUT2D eigenvalue weighted by molar-refractivity contribution is -0.119. The van der Waals surface area contributed by atoms with Crippen molar-refractivity contribution in [3.05, 3.63) is 81.4 Å². The van der Waals surface area contributed by atoms with Gasteiger partial charge in [-0.1, -0.05) is 35.3 Å². The first-order valence-corrected chi connectivity index (χ1v) is 13.6. The molecule has 0 atom stereocenters. The standard InChI is InChI=1S/C21H19Cl2FN2O3S3/c22-16-4-3-15(19(23)12-16)14-30-11-9-25-20(27)13-26(18-7-5-17(24)6-8-18)32(28,29)21-2-1-10-31-21/h1-8,10,12H,9,11,13-14H2,(H,25,27). The predicted molar refractivity (Wildman–Crippen MR) is 131 cm³/mol. The summed E-state index contributed by atoms with van der Waals surface area (Å²) in [4.78, 5) is 12.5. The fraction of sp³-hybridized carbons (Fsp3) is 0.190. The number of halogens is 3. The highest BCUT2D eigenvalue weighted by Crippen LogP contribution is 2.27. The van der Waals surface area contributed by atoms with E-state index in [1.54, 1.807) is 35.3 Å². The van der Waals surface area contributed by atoms with Crippen LogP contribution in [-0.2, 0) is 20.6 Å². The molecular weight excluding hydrogens is 514 g/mol. The molecule has 0 saturated heterocycles. The summed E-state index contributed by atoms with van der Waals surface area (Å²) in [5.74, 6) is 0.309. The second-order valence-corrected chi connectivity index (χ2v) is 11.5. The van der Waals surface area contributed by atoms with Crippen molar-refractivity contribution in [1.82, 2.24) is 5.32 Å². The van der Waals surface area contributed by atoms with Gasteiger partial charge in [0, 0.05) is 28.1 Å². The summed E-state index contributed by atoms with van der Waals surface area (Å²) in [5, 5.41) is 5.52. The number of thioether (sulfide) groups is 1. The summed E-state index contributed by atoms with van der Waals surface area (Å²) >= 11 is 14.7. The highest BCUT2D eigenvalue weighted by Gasteiger charge is 2.28. The number of amides is 1. The smallest absolute Gasteiger partial charge is 0.274 e. The maximum absolute atomic E-state index is 13.3. The highest BCUT2D eigenvalue weighted by molar-refractivity contribution is 7.98. The van der Waals surface area contributed by atoms with Crippen molar-refractivity contribution < 1.29 is 17.6 Å². The average Bonchev–Trinajstić information content (AvgIpc) is 3.30. The molecule has 170 valence electrons. The maximum Gasteiger partial charge on any atom is 0.274 e. The minimum absolute atomic E-state index is 0.102. The van der Waals surface area contributed by atoms with Crippen LogP contribution < -0.4 is 9.62 Å². The molecule has 0 aliphatic heterocycles. The van der Waals surface area contributed by atoms with E-state index < -0.39 is 28.3 Å². The van der Waals surface area contributed by atoms with E-state index in [4.69, 9.17) is 23.2 Å². The number of nitrogens with zero attached hydrogens (tertiary/aromatic N) is 1. The molecule has 1 amide bonds. The Kier molecular flexibility index (Phi) is 8.84. The van der Waals surface area contributed by atoms with Gasteiger partial charge in [0.25, 0.3) is 10.0 Å². The number of carbonyl (C=O) groups is 1. The Hall–Kier alpha value is -1.78. The summed E-state index contributed by atoms with van der Waals surface area (Å²) in [6.45, 7) is -0.0649. The lowest BCUT2D eigenvalue weighted by atomic mass is 10.2. The number of nitrogens with one attached hydrogen (secondary N) is 1. The van der Waals surface area contributed by atoms with Crippen LogP contribution in [0.5, 0.6) is 0 Å². The van der Waals surface area contributed by atoms with Gasteiger partial charge in [-0.05, 0) is 53.4 Å². The van der Waals surface area contributed by atoms with Crippen molar-refractivity contribution in [2.45, 2.75) is 9.96 Å². The number of sulfonamides is 1. The first kappa shape index (κ1) is 24.9. The molecule has 5 nitrogen and oxygen atoms in total. The van der Waals surface area contributed by atoms with Crippen LogP contribution in [-0.4, -0.2) is 33.2 Å². The lowest BCUT2D eigenvalue weighted by Gasteiger charge is -2.23. The second kappa shape index (κ2) is 11.4. The van der Waals surface area contributed by atoms with Crippen molar-refractivity contribution in [2.24, 2.45) is 0 Å². The third-order valence-electron chi connectivity index (χ3n) is 4.28. The average molecular weight is 533 g/mol. The molecule has 1 N–H and O–H groups in total. The van der Waals surface area contributed by atoms with Crippen LogP contribution in [0.25, 0.3) is 0 Å². The minimum Gasteiger partial charge on any atom is -0.354 e. The number of anilines is 1. The molecule has 0 saturated carbocycles. The van der Waals surface area contributed by atoms with Crippen LogP contribution >= 0.6 is 46.3 Å². The minimum atomic E-state index is -3.96. The normalized spacial score (nSPS) is 11.3. The third kappa shape index (κ3) is 6.62. The molecule has 0 fully saturated rings. The zero-order chi connectivity index (χ0) is 23.1. The Morgan fingerprint density at radius 2 is 1.88 bits per heavy atom. The molecule has 1 heterocycles. The molecule has 0 aliphatic carbocycles. The first-order chi connectivity index (χ1) is 15.3. The second-order valence-electron chi connectivity index (χ2n) is 6.56. The van der Waals surface area contributed by atoms with E-state index in [1.807, 2.05) is 6.07 Å². The largest absolute Gasteiger partial charge is 0.354 e. The van der Waals surface area contributed by atoms with E-state index >= 15 is 0 Å². The SMILES string of the molecule is O=C(CN(c1ccc(F)cc1)S(=O)(=O)c1cccs1)NCCSCc1ccc(Cl)cc1Cl. The molecule has 3 aromatic rings. The van der Waals surface area contributed by atoms with E-state index in [2.05, 4.69) is 5.32 Å². The number of benzene rings is 2.